The first-order chi connectivity index (χ1) is 13.9. The maximum Gasteiger partial charge on any atom is 0.340 e. The van der Waals surface area contributed by atoms with E-state index < -0.39 is 17.7 Å². The van der Waals surface area contributed by atoms with Gasteiger partial charge in [-0.15, -0.1) is 0 Å². The molecule has 2 heterocycles. The zero-order valence-corrected chi connectivity index (χ0v) is 17.1. The highest BCUT2D eigenvalue weighted by molar-refractivity contribution is 9.10. The third-order valence-electron chi connectivity index (χ3n) is 4.67. The Labute approximate surface area is 174 Å². The van der Waals surface area contributed by atoms with Crippen molar-refractivity contribution in [3.05, 3.63) is 69.1 Å². The number of esters is 1. The van der Waals surface area contributed by atoms with Crippen molar-refractivity contribution in [2.24, 2.45) is 0 Å². The Morgan fingerprint density at radius 1 is 1.24 bits per heavy atom. The number of carbonyl (C=O) groups is 2. The molecule has 0 atom stereocenters. The summed E-state index contributed by atoms with van der Waals surface area (Å²) in [5, 5.41) is 0. The highest BCUT2D eigenvalue weighted by Gasteiger charge is 2.39. The minimum atomic E-state index is -0.683. The van der Waals surface area contributed by atoms with Gasteiger partial charge in [0.2, 0.25) is 6.79 Å². The molecule has 2 aromatic carbocycles. The molecule has 2 aliphatic heterocycles. The van der Waals surface area contributed by atoms with Crippen LogP contribution in [0, 0.1) is 5.82 Å². The fourth-order valence-corrected chi connectivity index (χ4v) is 3.74. The molecule has 8 heteroatoms. The first-order valence-corrected chi connectivity index (χ1v) is 9.41. The molecule has 0 saturated carbocycles. The predicted molar refractivity (Wildman–Crippen MR) is 107 cm³/mol. The molecule has 148 valence electrons. The smallest absolute Gasteiger partial charge is 0.340 e. The van der Waals surface area contributed by atoms with Crippen LogP contribution in [-0.2, 0) is 14.3 Å². The van der Waals surface area contributed by atoms with E-state index in [1.165, 1.54) is 30.2 Å². The van der Waals surface area contributed by atoms with Crippen molar-refractivity contribution in [2.75, 3.05) is 18.8 Å². The molecule has 29 heavy (non-hydrogen) atoms. The fraction of sp³-hybridized carbons (Fsp3) is 0.143. The van der Waals surface area contributed by atoms with E-state index in [2.05, 4.69) is 15.9 Å². The lowest BCUT2D eigenvalue weighted by Crippen LogP contribution is -2.25. The van der Waals surface area contributed by atoms with Crippen LogP contribution in [0.1, 0.15) is 12.5 Å². The number of rotatable bonds is 3. The molecule has 1 amide bonds. The lowest BCUT2D eigenvalue weighted by Gasteiger charge is -2.18. The molecule has 2 aliphatic rings. The molecule has 0 N–H and O–H groups in total. The first-order valence-electron chi connectivity index (χ1n) is 8.61. The van der Waals surface area contributed by atoms with E-state index in [1.807, 2.05) is 0 Å². The number of anilines is 1. The zero-order valence-electron chi connectivity index (χ0n) is 15.5. The van der Waals surface area contributed by atoms with E-state index in [-0.39, 0.29) is 29.3 Å². The molecule has 0 spiro atoms. The highest BCUT2D eigenvalue weighted by atomic mass is 79.9. The van der Waals surface area contributed by atoms with Crippen molar-refractivity contribution in [3.63, 3.8) is 0 Å². The number of hydrogen-bond donors (Lipinski definition) is 0. The monoisotopic (exact) mass is 459 g/mol. The number of para-hydroxylation sites is 1. The number of amides is 1. The Hall–Kier alpha value is -3.13. The van der Waals surface area contributed by atoms with Crippen LogP contribution in [0.2, 0.25) is 0 Å². The summed E-state index contributed by atoms with van der Waals surface area (Å²) in [6.07, 6.45) is 1.55. The lowest BCUT2D eigenvalue weighted by atomic mass is 10.0. The van der Waals surface area contributed by atoms with Crippen molar-refractivity contribution in [2.45, 2.75) is 6.92 Å². The summed E-state index contributed by atoms with van der Waals surface area (Å²) in [6, 6.07) is 9.29. The van der Waals surface area contributed by atoms with E-state index >= 15 is 0 Å². The number of methoxy groups -OCH3 is 1. The van der Waals surface area contributed by atoms with Crippen LogP contribution >= 0.6 is 15.9 Å². The van der Waals surface area contributed by atoms with Crippen LogP contribution in [0.15, 0.2) is 57.7 Å². The summed E-state index contributed by atoms with van der Waals surface area (Å²) in [5.74, 6) is -0.688. The summed E-state index contributed by atoms with van der Waals surface area (Å²) in [5.41, 5.74) is 1.12. The Bertz CT molecular complexity index is 1110. The molecule has 4 rings (SSSR count). The molecule has 0 aliphatic carbocycles. The van der Waals surface area contributed by atoms with Crippen molar-refractivity contribution in [1.82, 2.24) is 0 Å². The highest BCUT2D eigenvalue weighted by Crippen LogP contribution is 2.40. The van der Waals surface area contributed by atoms with Crippen LogP contribution in [0.3, 0.4) is 0 Å². The minimum absolute atomic E-state index is 0.0598. The predicted octanol–water partition coefficient (Wildman–Crippen LogP) is 4.19. The van der Waals surface area contributed by atoms with E-state index in [9.17, 15) is 14.0 Å². The molecule has 0 fully saturated rings. The average Bonchev–Trinajstić information content (AvgIpc) is 3.24. The van der Waals surface area contributed by atoms with Gasteiger partial charge in [0.1, 0.15) is 5.82 Å². The average molecular weight is 460 g/mol. The molecular weight excluding hydrogens is 445 g/mol. The van der Waals surface area contributed by atoms with E-state index in [0.29, 0.717) is 21.5 Å². The maximum absolute atomic E-state index is 14.4. The number of ether oxygens (including phenoxy) is 3. The normalized spacial score (nSPS) is 16.8. The summed E-state index contributed by atoms with van der Waals surface area (Å²) < 4.78 is 30.6. The molecule has 2 aromatic rings. The molecule has 0 aromatic heterocycles. The zero-order chi connectivity index (χ0) is 20.7. The van der Waals surface area contributed by atoms with E-state index in [0.717, 1.165) is 0 Å². The van der Waals surface area contributed by atoms with Crippen LogP contribution in [0.5, 0.6) is 11.5 Å². The van der Waals surface area contributed by atoms with Crippen molar-refractivity contribution < 1.29 is 28.2 Å². The van der Waals surface area contributed by atoms with E-state index in [4.69, 9.17) is 14.2 Å². The fourth-order valence-electron chi connectivity index (χ4n) is 3.30. The third-order valence-corrected chi connectivity index (χ3v) is 5.36. The Morgan fingerprint density at radius 2 is 1.93 bits per heavy atom. The number of carbonyl (C=O) groups excluding carboxylic acids is 2. The molecule has 0 unspecified atom stereocenters. The quantitative estimate of drug-likeness (QED) is 0.508. The van der Waals surface area contributed by atoms with Crippen LogP contribution < -0.4 is 14.4 Å². The van der Waals surface area contributed by atoms with Crippen molar-refractivity contribution >= 4 is 39.6 Å². The summed E-state index contributed by atoms with van der Waals surface area (Å²) in [7, 11) is 1.23. The first kappa shape index (κ1) is 19.2. The number of fused-ring (bicyclic) bond motifs is 1. The second-order valence-electron chi connectivity index (χ2n) is 6.33. The van der Waals surface area contributed by atoms with Gasteiger partial charge in [-0.25, -0.2) is 9.18 Å². The van der Waals surface area contributed by atoms with Crippen LogP contribution in [0.4, 0.5) is 10.1 Å². The summed E-state index contributed by atoms with van der Waals surface area (Å²) in [4.78, 5) is 26.8. The van der Waals surface area contributed by atoms with Gasteiger partial charge in [-0.2, -0.15) is 0 Å². The second kappa shape index (κ2) is 7.36. The van der Waals surface area contributed by atoms with Crippen molar-refractivity contribution in [3.8, 4) is 11.5 Å². The maximum atomic E-state index is 14.4. The molecule has 0 saturated heterocycles. The van der Waals surface area contributed by atoms with Crippen LogP contribution in [-0.4, -0.2) is 25.8 Å². The van der Waals surface area contributed by atoms with Gasteiger partial charge in [0, 0.05) is 10.2 Å². The number of allylic oxidation sites excluding steroid dienone is 1. The number of halogens is 2. The number of benzene rings is 2. The lowest BCUT2D eigenvalue weighted by molar-refractivity contribution is -0.136. The largest absolute Gasteiger partial charge is 0.465 e. The molecule has 0 radical (unpaired) electrons. The SMILES string of the molecule is COC(=O)C1=C(C)N(c2ccccc2F)C(=O)/C1=C\c1cc2c(cc1Br)OCO2. The Morgan fingerprint density at radius 3 is 2.62 bits per heavy atom. The van der Waals surface area contributed by atoms with Gasteiger partial charge >= 0.3 is 5.97 Å². The molecule has 0 bridgehead atoms. The van der Waals surface area contributed by atoms with Crippen molar-refractivity contribution in [1.29, 1.82) is 0 Å². The number of hydrogen-bond acceptors (Lipinski definition) is 5. The Balaban J connectivity index is 1.87. The summed E-state index contributed by atoms with van der Waals surface area (Å²) in [6.45, 7) is 1.68. The number of nitrogens with zero attached hydrogens (tertiary/aromatic N) is 1. The van der Waals surface area contributed by atoms with Gasteiger partial charge in [-0.05, 0) is 42.8 Å². The Kier molecular flexibility index (Phi) is 4.87. The van der Waals surface area contributed by atoms with Gasteiger partial charge in [-0.1, -0.05) is 28.1 Å². The van der Waals surface area contributed by atoms with Gasteiger partial charge in [0.15, 0.2) is 11.5 Å². The van der Waals surface area contributed by atoms with Gasteiger partial charge < -0.3 is 14.2 Å². The summed E-state index contributed by atoms with van der Waals surface area (Å²) >= 11 is 3.44. The molecule has 6 nitrogen and oxygen atoms in total. The second-order valence-corrected chi connectivity index (χ2v) is 7.18. The van der Waals surface area contributed by atoms with E-state index in [1.54, 1.807) is 31.2 Å². The van der Waals surface area contributed by atoms with Gasteiger partial charge in [0.05, 0.1) is 23.9 Å². The third kappa shape index (κ3) is 3.19. The standard InChI is InChI=1S/C21H15BrFNO5/c1-11-19(21(26)27-2)13(20(25)24(11)16-6-4-3-5-15(16)23)7-12-8-17-18(9-14(12)22)29-10-28-17/h3-9H,10H2,1-2H3/b13-7-. The van der Waals surface area contributed by atoms with Gasteiger partial charge in [0.25, 0.3) is 5.91 Å². The molecular formula is C21H15BrFNO5. The van der Waals surface area contributed by atoms with Gasteiger partial charge in [-0.3, -0.25) is 9.69 Å². The minimum Gasteiger partial charge on any atom is -0.465 e. The van der Waals surface area contributed by atoms with Crippen LogP contribution in [0.25, 0.3) is 6.08 Å². The topological polar surface area (TPSA) is 65.1 Å².